The molecule has 0 amide bonds. The summed E-state index contributed by atoms with van der Waals surface area (Å²) in [7, 11) is -1.14. The number of hydrogen-bond acceptors (Lipinski definition) is 4. The van der Waals surface area contributed by atoms with Gasteiger partial charge in [0, 0.05) is 19.4 Å². The van der Waals surface area contributed by atoms with Gasteiger partial charge in [0.15, 0.2) is 0 Å². The molecule has 0 spiro atoms. The van der Waals surface area contributed by atoms with Gasteiger partial charge in [-0.2, -0.15) is 0 Å². The minimum atomic E-state index is -2.82. The zero-order valence-electron chi connectivity index (χ0n) is 11.4. The van der Waals surface area contributed by atoms with Crippen LogP contribution in [-0.4, -0.2) is 46.7 Å². The van der Waals surface area contributed by atoms with E-state index in [9.17, 15) is 8.42 Å². The molecule has 0 radical (unpaired) electrons. The van der Waals surface area contributed by atoms with Crippen LogP contribution in [0.3, 0.4) is 0 Å². The predicted molar refractivity (Wildman–Crippen MR) is 72.1 cm³/mol. The largest absolute Gasteiger partial charge is 0.383 e. The van der Waals surface area contributed by atoms with Gasteiger partial charge in [-0.15, -0.1) is 0 Å². The van der Waals surface area contributed by atoms with E-state index in [2.05, 4.69) is 12.2 Å². The molecular weight excluding hydrogens is 238 g/mol. The second-order valence-electron chi connectivity index (χ2n) is 4.38. The normalized spacial score (nSPS) is 13.8. The molecule has 0 saturated carbocycles. The third-order valence-corrected chi connectivity index (χ3v) is 4.63. The van der Waals surface area contributed by atoms with Crippen LogP contribution >= 0.6 is 0 Å². The maximum Gasteiger partial charge on any atom is 0.150 e. The Morgan fingerprint density at radius 3 is 2.47 bits per heavy atom. The Morgan fingerprint density at radius 1 is 1.24 bits per heavy atom. The van der Waals surface area contributed by atoms with Crippen LogP contribution in [0.25, 0.3) is 0 Å². The quantitative estimate of drug-likeness (QED) is 0.575. The van der Waals surface area contributed by atoms with E-state index in [1.165, 1.54) is 0 Å². The first kappa shape index (κ1) is 16.9. The first-order valence-corrected chi connectivity index (χ1v) is 8.28. The highest BCUT2D eigenvalue weighted by molar-refractivity contribution is 7.91. The molecule has 0 aliphatic heterocycles. The number of nitrogens with one attached hydrogen (secondary N) is 1. The Kier molecular flexibility index (Phi) is 9.78. The van der Waals surface area contributed by atoms with Crippen LogP contribution in [-0.2, 0) is 14.6 Å². The Hall–Kier alpha value is -0.130. The Bertz CT molecular complexity index is 265. The van der Waals surface area contributed by atoms with Crippen molar-refractivity contribution in [3.05, 3.63) is 0 Å². The standard InChI is InChI=1S/C12H27NO3S/c1-4-6-12(11-13-8-9-16-3)7-10-17(14,15)5-2/h12-13H,4-11H2,1-3H3. The van der Waals surface area contributed by atoms with Crippen molar-refractivity contribution >= 4 is 9.84 Å². The lowest BCUT2D eigenvalue weighted by molar-refractivity contribution is 0.197. The number of hydrogen-bond donors (Lipinski definition) is 1. The second-order valence-corrected chi connectivity index (χ2v) is 6.85. The molecule has 1 N–H and O–H groups in total. The summed E-state index contributed by atoms with van der Waals surface area (Å²) < 4.78 is 27.8. The maximum atomic E-state index is 11.4. The van der Waals surface area contributed by atoms with Crippen molar-refractivity contribution in [2.24, 2.45) is 5.92 Å². The van der Waals surface area contributed by atoms with Gasteiger partial charge in [-0.25, -0.2) is 8.42 Å². The van der Waals surface area contributed by atoms with E-state index >= 15 is 0 Å². The van der Waals surface area contributed by atoms with Crippen LogP contribution < -0.4 is 5.32 Å². The lowest BCUT2D eigenvalue weighted by Crippen LogP contribution is -2.27. The minimum Gasteiger partial charge on any atom is -0.383 e. The van der Waals surface area contributed by atoms with Gasteiger partial charge in [0.25, 0.3) is 0 Å². The molecule has 1 atom stereocenters. The highest BCUT2D eigenvalue weighted by Gasteiger charge is 2.13. The van der Waals surface area contributed by atoms with Gasteiger partial charge in [-0.1, -0.05) is 20.3 Å². The lowest BCUT2D eigenvalue weighted by Gasteiger charge is -2.16. The van der Waals surface area contributed by atoms with E-state index in [0.29, 0.717) is 18.3 Å². The third kappa shape index (κ3) is 9.56. The molecule has 4 nitrogen and oxygen atoms in total. The van der Waals surface area contributed by atoms with Crippen LogP contribution in [0.1, 0.15) is 33.1 Å². The minimum absolute atomic E-state index is 0.253. The molecule has 0 rings (SSSR count). The Morgan fingerprint density at radius 2 is 1.94 bits per heavy atom. The van der Waals surface area contributed by atoms with Gasteiger partial charge in [-0.3, -0.25) is 0 Å². The van der Waals surface area contributed by atoms with Crippen LogP contribution in [0.5, 0.6) is 0 Å². The zero-order valence-corrected chi connectivity index (χ0v) is 12.2. The molecule has 0 aliphatic carbocycles. The fourth-order valence-electron chi connectivity index (χ4n) is 1.73. The van der Waals surface area contributed by atoms with E-state index in [1.807, 2.05) is 0 Å². The molecule has 1 unspecified atom stereocenters. The number of rotatable bonds is 11. The van der Waals surface area contributed by atoms with Crippen molar-refractivity contribution in [3.63, 3.8) is 0 Å². The summed E-state index contributed by atoms with van der Waals surface area (Å²) >= 11 is 0. The molecule has 0 saturated heterocycles. The summed E-state index contributed by atoms with van der Waals surface area (Å²) in [4.78, 5) is 0. The van der Waals surface area contributed by atoms with Gasteiger partial charge >= 0.3 is 0 Å². The lowest BCUT2D eigenvalue weighted by atomic mass is 10.0. The van der Waals surface area contributed by atoms with E-state index in [1.54, 1.807) is 14.0 Å². The first-order chi connectivity index (χ1) is 8.05. The van der Waals surface area contributed by atoms with Gasteiger partial charge < -0.3 is 10.1 Å². The van der Waals surface area contributed by atoms with Crippen molar-refractivity contribution in [1.29, 1.82) is 0 Å². The van der Waals surface area contributed by atoms with Gasteiger partial charge in [0.05, 0.1) is 12.4 Å². The first-order valence-electron chi connectivity index (χ1n) is 6.45. The fraction of sp³-hybridized carbons (Fsp3) is 1.00. The van der Waals surface area contributed by atoms with E-state index in [-0.39, 0.29) is 5.75 Å². The molecule has 104 valence electrons. The summed E-state index contributed by atoms with van der Waals surface area (Å²) in [5.41, 5.74) is 0. The van der Waals surface area contributed by atoms with Crippen molar-refractivity contribution in [1.82, 2.24) is 5.32 Å². The molecule has 0 aliphatic rings. The van der Waals surface area contributed by atoms with E-state index in [4.69, 9.17) is 4.74 Å². The fourth-order valence-corrected chi connectivity index (χ4v) is 2.71. The van der Waals surface area contributed by atoms with Crippen molar-refractivity contribution in [2.45, 2.75) is 33.1 Å². The van der Waals surface area contributed by atoms with E-state index in [0.717, 1.165) is 32.4 Å². The molecule has 0 aromatic heterocycles. The third-order valence-electron chi connectivity index (χ3n) is 2.89. The molecule has 17 heavy (non-hydrogen) atoms. The van der Waals surface area contributed by atoms with Gasteiger partial charge in [0.2, 0.25) is 0 Å². The second kappa shape index (κ2) is 9.85. The SMILES string of the molecule is CCCC(CCS(=O)(=O)CC)CNCCOC. The summed E-state index contributed by atoms with van der Waals surface area (Å²) in [6.07, 6.45) is 2.95. The smallest absolute Gasteiger partial charge is 0.150 e. The van der Waals surface area contributed by atoms with Crippen LogP contribution in [0.15, 0.2) is 0 Å². The molecule has 0 heterocycles. The molecule has 5 heteroatoms. The number of methoxy groups -OCH3 is 1. The predicted octanol–water partition coefficient (Wildman–Crippen LogP) is 1.46. The summed E-state index contributed by atoms with van der Waals surface area (Å²) in [6.45, 7) is 6.26. The molecule has 0 fully saturated rings. The van der Waals surface area contributed by atoms with E-state index < -0.39 is 9.84 Å². The van der Waals surface area contributed by atoms with Crippen LogP contribution in [0, 0.1) is 5.92 Å². The van der Waals surface area contributed by atoms with Crippen molar-refractivity contribution < 1.29 is 13.2 Å². The van der Waals surface area contributed by atoms with Crippen molar-refractivity contribution in [2.75, 3.05) is 38.3 Å². The Balaban J connectivity index is 3.89. The molecule has 0 aromatic rings. The highest BCUT2D eigenvalue weighted by atomic mass is 32.2. The van der Waals surface area contributed by atoms with Crippen LogP contribution in [0.4, 0.5) is 0 Å². The summed E-state index contributed by atoms with van der Waals surface area (Å²) in [5, 5.41) is 3.31. The highest BCUT2D eigenvalue weighted by Crippen LogP contribution is 2.12. The topological polar surface area (TPSA) is 55.4 Å². The number of sulfone groups is 1. The summed E-state index contributed by atoms with van der Waals surface area (Å²) in [5.74, 6) is 1.03. The Labute approximate surface area is 106 Å². The number of ether oxygens (including phenoxy) is 1. The average Bonchev–Trinajstić information content (AvgIpc) is 2.31. The maximum absolute atomic E-state index is 11.4. The molecular formula is C12H27NO3S. The molecule has 0 bridgehead atoms. The zero-order chi connectivity index (χ0) is 13.1. The summed E-state index contributed by atoms with van der Waals surface area (Å²) in [6, 6.07) is 0. The van der Waals surface area contributed by atoms with Crippen LogP contribution in [0.2, 0.25) is 0 Å². The van der Waals surface area contributed by atoms with Gasteiger partial charge in [-0.05, 0) is 25.3 Å². The molecule has 0 aromatic carbocycles. The van der Waals surface area contributed by atoms with Gasteiger partial charge in [0.1, 0.15) is 9.84 Å². The van der Waals surface area contributed by atoms with Crippen molar-refractivity contribution in [3.8, 4) is 0 Å². The monoisotopic (exact) mass is 265 g/mol. The average molecular weight is 265 g/mol.